The van der Waals surface area contributed by atoms with E-state index in [1.54, 1.807) is 4.90 Å². The molecule has 1 aromatic heterocycles. The van der Waals surface area contributed by atoms with Gasteiger partial charge in [-0.05, 0) is 56.5 Å². The zero-order valence-corrected chi connectivity index (χ0v) is 15.3. The second-order valence-corrected chi connectivity index (χ2v) is 6.51. The number of aromatic nitrogens is 2. The Balaban J connectivity index is 1.73. The van der Waals surface area contributed by atoms with Crippen molar-refractivity contribution in [2.24, 2.45) is 0 Å². The molecular formula is C20H24N4O2. The van der Waals surface area contributed by atoms with Crippen LogP contribution in [0.2, 0.25) is 0 Å². The average Bonchev–Trinajstić information content (AvgIpc) is 2.97. The number of carbonyl (C=O) groups is 2. The molecular weight excluding hydrogens is 328 g/mol. The molecule has 6 heteroatoms. The van der Waals surface area contributed by atoms with E-state index in [0.29, 0.717) is 25.2 Å². The van der Waals surface area contributed by atoms with Crippen LogP contribution >= 0.6 is 0 Å². The van der Waals surface area contributed by atoms with Crippen LogP contribution in [0.25, 0.3) is 0 Å². The molecule has 136 valence electrons. The van der Waals surface area contributed by atoms with E-state index in [1.807, 2.05) is 42.8 Å². The fraction of sp³-hybridized carbons (Fsp3) is 0.350. The lowest BCUT2D eigenvalue weighted by Gasteiger charge is -2.29. The maximum Gasteiger partial charge on any atom is 0.251 e. The summed E-state index contributed by atoms with van der Waals surface area (Å²) in [4.78, 5) is 26.4. The second-order valence-electron chi connectivity index (χ2n) is 6.51. The summed E-state index contributed by atoms with van der Waals surface area (Å²) in [6.07, 6.45) is 2.94. The molecule has 0 spiro atoms. The summed E-state index contributed by atoms with van der Waals surface area (Å²) >= 11 is 0. The average molecular weight is 352 g/mol. The molecule has 3 rings (SSSR count). The topological polar surface area (TPSA) is 67.2 Å². The Bertz CT molecular complexity index is 853. The third-order valence-corrected chi connectivity index (χ3v) is 4.65. The number of carbonyl (C=O) groups excluding carboxylic acids is 2. The highest BCUT2D eigenvalue weighted by Crippen LogP contribution is 2.30. The molecule has 2 amide bonds. The highest BCUT2D eigenvalue weighted by atomic mass is 16.2. The number of fused-ring (bicyclic) bond motifs is 1. The molecule has 0 atom stereocenters. The number of hydrogen-bond donors (Lipinski definition) is 1. The van der Waals surface area contributed by atoms with Gasteiger partial charge >= 0.3 is 0 Å². The first-order valence-electron chi connectivity index (χ1n) is 8.86. The number of nitrogens with one attached hydrogen (secondary N) is 1. The lowest BCUT2D eigenvalue weighted by molar-refractivity contribution is -0.114. The first-order chi connectivity index (χ1) is 12.5. The van der Waals surface area contributed by atoms with Gasteiger partial charge in [0.1, 0.15) is 0 Å². The molecule has 2 heterocycles. The third kappa shape index (κ3) is 3.54. The van der Waals surface area contributed by atoms with E-state index in [-0.39, 0.29) is 11.8 Å². The Morgan fingerprint density at radius 1 is 1.35 bits per heavy atom. The van der Waals surface area contributed by atoms with E-state index < -0.39 is 0 Å². The molecule has 2 aromatic rings. The van der Waals surface area contributed by atoms with Gasteiger partial charge in [0.15, 0.2) is 0 Å². The molecule has 0 saturated heterocycles. The zero-order chi connectivity index (χ0) is 18.7. The minimum Gasteiger partial charge on any atom is -0.350 e. The molecule has 0 unspecified atom stereocenters. The van der Waals surface area contributed by atoms with E-state index in [9.17, 15) is 9.59 Å². The van der Waals surface area contributed by atoms with E-state index in [4.69, 9.17) is 0 Å². The summed E-state index contributed by atoms with van der Waals surface area (Å²) in [5.41, 5.74) is 4.42. The van der Waals surface area contributed by atoms with Crippen LogP contribution in [0.3, 0.4) is 0 Å². The van der Waals surface area contributed by atoms with Gasteiger partial charge in [-0.15, -0.1) is 0 Å². The van der Waals surface area contributed by atoms with Crippen LogP contribution in [0, 0.1) is 13.8 Å². The van der Waals surface area contributed by atoms with Crippen molar-refractivity contribution < 1.29 is 9.59 Å². The fourth-order valence-corrected chi connectivity index (χ4v) is 3.45. The number of benzene rings is 1. The molecule has 1 aliphatic rings. The molecule has 0 radical (unpaired) electrons. The van der Waals surface area contributed by atoms with Crippen molar-refractivity contribution in [1.82, 2.24) is 15.1 Å². The van der Waals surface area contributed by atoms with Crippen LogP contribution < -0.4 is 10.2 Å². The van der Waals surface area contributed by atoms with Crippen LogP contribution in [-0.2, 0) is 17.8 Å². The van der Waals surface area contributed by atoms with Gasteiger partial charge in [-0.2, -0.15) is 5.10 Å². The van der Waals surface area contributed by atoms with Gasteiger partial charge in [0.2, 0.25) is 5.91 Å². The second kappa shape index (κ2) is 7.56. The SMILES string of the molecule is C=CC(=O)N1CCCc2c(C(=O)NCCn3nc(C)cc3C)cccc21. The molecule has 0 saturated carbocycles. The molecule has 1 aromatic carbocycles. The molecule has 6 nitrogen and oxygen atoms in total. The Morgan fingerprint density at radius 2 is 2.15 bits per heavy atom. The third-order valence-electron chi connectivity index (χ3n) is 4.65. The maximum atomic E-state index is 12.7. The highest BCUT2D eigenvalue weighted by Gasteiger charge is 2.24. The number of hydrogen-bond acceptors (Lipinski definition) is 3. The van der Waals surface area contributed by atoms with Gasteiger partial charge in [-0.1, -0.05) is 12.6 Å². The lowest BCUT2D eigenvalue weighted by Crippen LogP contribution is -2.36. The minimum atomic E-state index is -0.131. The van der Waals surface area contributed by atoms with Gasteiger partial charge in [-0.3, -0.25) is 14.3 Å². The number of rotatable bonds is 5. The van der Waals surface area contributed by atoms with Crippen LogP contribution in [-0.4, -0.2) is 34.7 Å². The minimum absolute atomic E-state index is 0.115. The standard InChI is InChI=1S/C20H24N4O2/c1-4-19(25)23-11-6-8-16-17(7-5-9-18(16)23)20(26)21-10-12-24-15(3)13-14(2)22-24/h4-5,7,9,13H,1,6,8,10-12H2,2-3H3,(H,21,26). The molecule has 1 N–H and O–H groups in total. The quantitative estimate of drug-likeness (QED) is 0.840. The van der Waals surface area contributed by atoms with Crippen molar-refractivity contribution in [2.75, 3.05) is 18.0 Å². The Morgan fingerprint density at radius 3 is 2.85 bits per heavy atom. The lowest BCUT2D eigenvalue weighted by atomic mass is 9.95. The monoisotopic (exact) mass is 352 g/mol. The van der Waals surface area contributed by atoms with E-state index in [0.717, 1.165) is 35.5 Å². The largest absolute Gasteiger partial charge is 0.350 e. The first kappa shape index (κ1) is 17.9. The number of anilines is 1. The maximum absolute atomic E-state index is 12.7. The molecule has 0 bridgehead atoms. The Kier molecular flexibility index (Phi) is 5.21. The molecule has 0 fully saturated rings. The summed E-state index contributed by atoms with van der Waals surface area (Å²) in [6.45, 7) is 9.30. The van der Waals surface area contributed by atoms with E-state index in [1.165, 1.54) is 6.08 Å². The summed E-state index contributed by atoms with van der Waals surface area (Å²) in [6, 6.07) is 7.55. The van der Waals surface area contributed by atoms with Crippen LogP contribution in [0.5, 0.6) is 0 Å². The fourth-order valence-electron chi connectivity index (χ4n) is 3.45. The van der Waals surface area contributed by atoms with Gasteiger partial charge in [0, 0.05) is 30.0 Å². The smallest absolute Gasteiger partial charge is 0.251 e. The van der Waals surface area contributed by atoms with Crippen molar-refractivity contribution >= 4 is 17.5 Å². The zero-order valence-electron chi connectivity index (χ0n) is 15.3. The predicted octanol–water partition coefficient (Wildman–Crippen LogP) is 2.40. The van der Waals surface area contributed by atoms with Gasteiger partial charge in [0.05, 0.1) is 12.2 Å². The first-order valence-corrected chi connectivity index (χ1v) is 8.86. The van der Waals surface area contributed by atoms with Gasteiger partial charge in [0.25, 0.3) is 5.91 Å². The van der Waals surface area contributed by atoms with Crippen molar-refractivity contribution in [3.63, 3.8) is 0 Å². The Labute approximate surface area is 153 Å². The molecule has 26 heavy (non-hydrogen) atoms. The molecule has 0 aliphatic carbocycles. The van der Waals surface area contributed by atoms with Crippen LogP contribution in [0.1, 0.15) is 33.7 Å². The number of amides is 2. The van der Waals surface area contributed by atoms with Crippen LogP contribution in [0.15, 0.2) is 36.9 Å². The summed E-state index contributed by atoms with van der Waals surface area (Å²) < 4.78 is 1.89. The van der Waals surface area contributed by atoms with Crippen molar-refractivity contribution in [2.45, 2.75) is 33.2 Å². The number of aryl methyl sites for hydroxylation is 2. The van der Waals surface area contributed by atoms with Gasteiger partial charge < -0.3 is 10.2 Å². The summed E-state index contributed by atoms with van der Waals surface area (Å²) in [7, 11) is 0. The van der Waals surface area contributed by atoms with Crippen molar-refractivity contribution in [3.05, 3.63) is 59.4 Å². The predicted molar refractivity (Wildman–Crippen MR) is 101 cm³/mol. The number of nitrogens with zero attached hydrogens (tertiary/aromatic N) is 3. The van der Waals surface area contributed by atoms with E-state index in [2.05, 4.69) is 17.0 Å². The van der Waals surface area contributed by atoms with E-state index >= 15 is 0 Å². The van der Waals surface area contributed by atoms with Gasteiger partial charge in [-0.25, -0.2) is 0 Å². The normalized spacial score (nSPS) is 13.2. The summed E-state index contributed by atoms with van der Waals surface area (Å²) in [5.74, 6) is -0.246. The molecule has 1 aliphatic heterocycles. The van der Waals surface area contributed by atoms with Crippen molar-refractivity contribution in [3.8, 4) is 0 Å². The Hall–Kier alpha value is -2.89. The van der Waals surface area contributed by atoms with Crippen LogP contribution in [0.4, 0.5) is 5.69 Å². The highest BCUT2D eigenvalue weighted by molar-refractivity contribution is 6.04. The van der Waals surface area contributed by atoms with Crippen molar-refractivity contribution in [1.29, 1.82) is 0 Å². The summed E-state index contributed by atoms with van der Waals surface area (Å²) in [5, 5.41) is 7.37.